The summed E-state index contributed by atoms with van der Waals surface area (Å²) < 4.78 is 6.57. The number of hydrogen-bond acceptors (Lipinski definition) is 3. The summed E-state index contributed by atoms with van der Waals surface area (Å²) in [7, 11) is 0. The normalized spacial score (nSPS) is 12.8. The minimum atomic E-state index is 0.180. The van der Waals surface area contributed by atoms with Crippen LogP contribution in [0.15, 0.2) is 65.2 Å². The summed E-state index contributed by atoms with van der Waals surface area (Å²) in [6.07, 6.45) is 3.84. The summed E-state index contributed by atoms with van der Waals surface area (Å²) in [6, 6.07) is 19.2. The van der Waals surface area contributed by atoms with Crippen molar-refractivity contribution in [3.63, 3.8) is 0 Å². The largest absolute Gasteiger partial charge is 0.453 e. The molecule has 0 bridgehead atoms. The molecule has 168 valence electrons. The van der Waals surface area contributed by atoms with Crippen molar-refractivity contribution in [2.24, 2.45) is 10.8 Å². The lowest BCUT2D eigenvalue weighted by Crippen LogP contribution is -2.10. The van der Waals surface area contributed by atoms with Gasteiger partial charge < -0.3 is 4.42 Å². The number of pyridine rings is 2. The van der Waals surface area contributed by atoms with E-state index in [1.165, 1.54) is 5.56 Å². The maximum Gasteiger partial charge on any atom is 0.161 e. The number of furan rings is 1. The fourth-order valence-corrected chi connectivity index (χ4v) is 4.67. The molecular formula is C30H32N2O. The molecule has 0 fully saturated rings. The number of fused-ring (bicyclic) bond motifs is 5. The summed E-state index contributed by atoms with van der Waals surface area (Å²) in [5, 5.41) is 3.31. The van der Waals surface area contributed by atoms with Gasteiger partial charge in [-0.1, -0.05) is 65.8 Å². The minimum Gasteiger partial charge on any atom is -0.453 e. The Labute approximate surface area is 195 Å². The molecular weight excluding hydrogens is 404 g/mol. The van der Waals surface area contributed by atoms with Gasteiger partial charge in [-0.3, -0.25) is 4.98 Å². The highest BCUT2D eigenvalue weighted by atomic mass is 16.3. The molecule has 0 aliphatic carbocycles. The first kappa shape index (κ1) is 21.6. The molecule has 3 aromatic heterocycles. The van der Waals surface area contributed by atoms with Gasteiger partial charge in [0.15, 0.2) is 5.58 Å². The zero-order valence-corrected chi connectivity index (χ0v) is 20.5. The molecule has 0 aliphatic rings. The first-order chi connectivity index (χ1) is 15.6. The monoisotopic (exact) mass is 436 g/mol. The van der Waals surface area contributed by atoms with Crippen molar-refractivity contribution >= 4 is 32.8 Å². The van der Waals surface area contributed by atoms with E-state index in [1.54, 1.807) is 0 Å². The molecule has 3 heterocycles. The third-order valence-electron chi connectivity index (χ3n) is 5.93. The molecule has 0 amide bonds. The second-order valence-corrected chi connectivity index (χ2v) is 11.6. The SMILES string of the molecule is CC(C)(C)Cc1ccnc(-c2cccc3c2oc2c3ccc3ccc(CC(C)(C)C)nc32)c1. The molecule has 5 rings (SSSR count). The zero-order valence-electron chi connectivity index (χ0n) is 20.5. The second kappa shape index (κ2) is 7.69. The highest BCUT2D eigenvalue weighted by Gasteiger charge is 2.18. The van der Waals surface area contributed by atoms with Gasteiger partial charge in [-0.2, -0.15) is 0 Å². The molecule has 3 heteroatoms. The van der Waals surface area contributed by atoms with Crippen LogP contribution in [-0.4, -0.2) is 9.97 Å². The van der Waals surface area contributed by atoms with Crippen molar-refractivity contribution in [1.82, 2.24) is 9.97 Å². The zero-order chi connectivity index (χ0) is 23.4. The van der Waals surface area contributed by atoms with E-state index in [0.29, 0.717) is 0 Å². The van der Waals surface area contributed by atoms with E-state index < -0.39 is 0 Å². The number of rotatable bonds is 3. The Morgan fingerprint density at radius 1 is 0.758 bits per heavy atom. The standard InChI is InChI=1S/C30H32N2O/c1-29(2,3)17-19-14-15-31-25(16-19)24-9-7-8-22-23-13-11-20-10-12-21(18-30(4,5)6)32-26(20)28(23)33-27(22)24/h7-16H,17-18H2,1-6H3. The van der Waals surface area contributed by atoms with E-state index in [0.717, 1.165) is 62.6 Å². The van der Waals surface area contributed by atoms with Crippen LogP contribution in [0.2, 0.25) is 0 Å². The van der Waals surface area contributed by atoms with E-state index in [-0.39, 0.29) is 10.8 Å². The first-order valence-corrected chi connectivity index (χ1v) is 11.8. The molecule has 5 aromatic rings. The Kier molecular flexibility index (Phi) is 5.04. The van der Waals surface area contributed by atoms with Gasteiger partial charge in [-0.05, 0) is 59.6 Å². The van der Waals surface area contributed by atoms with Gasteiger partial charge in [-0.15, -0.1) is 0 Å². The lowest BCUT2D eigenvalue weighted by Gasteiger charge is -2.18. The Bertz CT molecular complexity index is 1480. The molecule has 3 nitrogen and oxygen atoms in total. The van der Waals surface area contributed by atoms with Crippen molar-refractivity contribution in [1.29, 1.82) is 0 Å². The van der Waals surface area contributed by atoms with Crippen LogP contribution in [0.25, 0.3) is 44.1 Å². The maximum absolute atomic E-state index is 6.57. The summed E-state index contributed by atoms with van der Waals surface area (Å²) in [6.45, 7) is 13.5. The smallest absolute Gasteiger partial charge is 0.161 e. The number of nitrogens with zero attached hydrogens (tertiary/aromatic N) is 2. The molecule has 0 atom stereocenters. The quantitative estimate of drug-likeness (QED) is 0.285. The molecule has 0 aliphatic heterocycles. The fraction of sp³-hybridized carbons (Fsp3) is 0.333. The lowest BCUT2D eigenvalue weighted by atomic mass is 9.88. The van der Waals surface area contributed by atoms with E-state index in [2.05, 4.69) is 96.1 Å². The summed E-state index contributed by atoms with van der Waals surface area (Å²) in [5.41, 5.74) is 7.44. The van der Waals surface area contributed by atoms with Gasteiger partial charge in [-0.25, -0.2) is 4.98 Å². The molecule has 2 aromatic carbocycles. The highest BCUT2D eigenvalue weighted by molar-refractivity contribution is 6.16. The predicted octanol–water partition coefficient (Wildman–Crippen LogP) is 8.37. The van der Waals surface area contributed by atoms with Crippen LogP contribution < -0.4 is 0 Å². The van der Waals surface area contributed by atoms with Crippen molar-refractivity contribution in [2.45, 2.75) is 54.4 Å². The van der Waals surface area contributed by atoms with Gasteiger partial charge in [0, 0.05) is 33.6 Å². The van der Waals surface area contributed by atoms with E-state index in [1.807, 2.05) is 6.20 Å². The Hall–Kier alpha value is -3.20. The molecule has 0 saturated carbocycles. The molecule has 0 radical (unpaired) electrons. The average Bonchev–Trinajstić information content (AvgIpc) is 3.11. The van der Waals surface area contributed by atoms with Crippen LogP contribution in [0, 0.1) is 10.8 Å². The topological polar surface area (TPSA) is 38.9 Å². The molecule has 0 spiro atoms. The molecule has 0 saturated heterocycles. The minimum absolute atomic E-state index is 0.180. The van der Waals surface area contributed by atoms with Crippen molar-refractivity contribution in [2.75, 3.05) is 0 Å². The van der Waals surface area contributed by atoms with Crippen LogP contribution >= 0.6 is 0 Å². The van der Waals surface area contributed by atoms with Crippen molar-refractivity contribution < 1.29 is 4.42 Å². The van der Waals surface area contributed by atoms with Crippen LogP contribution in [0.4, 0.5) is 0 Å². The highest BCUT2D eigenvalue weighted by Crippen LogP contribution is 2.38. The lowest BCUT2D eigenvalue weighted by molar-refractivity contribution is 0.407. The number of benzene rings is 2. The van der Waals surface area contributed by atoms with Gasteiger partial charge in [0.25, 0.3) is 0 Å². The third kappa shape index (κ3) is 4.37. The third-order valence-corrected chi connectivity index (χ3v) is 5.93. The Balaban J connectivity index is 1.70. The van der Waals surface area contributed by atoms with Gasteiger partial charge in [0.05, 0.1) is 5.69 Å². The molecule has 0 N–H and O–H groups in total. The van der Waals surface area contributed by atoms with Gasteiger partial charge in [0.1, 0.15) is 11.1 Å². The Morgan fingerprint density at radius 3 is 2.24 bits per heavy atom. The second-order valence-electron chi connectivity index (χ2n) is 11.6. The van der Waals surface area contributed by atoms with Crippen LogP contribution in [0.1, 0.15) is 52.8 Å². The van der Waals surface area contributed by atoms with Gasteiger partial charge >= 0.3 is 0 Å². The maximum atomic E-state index is 6.57. The van der Waals surface area contributed by atoms with E-state index in [9.17, 15) is 0 Å². The average molecular weight is 437 g/mol. The summed E-state index contributed by atoms with van der Waals surface area (Å²) in [5.74, 6) is 0. The van der Waals surface area contributed by atoms with Crippen molar-refractivity contribution in [3.05, 3.63) is 72.1 Å². The number of para-hydroxylation sites is 1. The summed E-state index contributed by atoms with van der Waals surface area (Å²) >= 11 is 0. The van der Waals surface area contributed by atoms with E-state index >= 15 is 0 Å². The first-order valence-electron chi connectivity index (χ1n) is 11.8. The number of hydrogen-bond donors (Lipinski definition) is 0. The van der Waals surface area contributed by atoms with Crippen LogP contribution in [0.5, 0.6) is 0 Å². The molecule has 33 heavy (non-hydrogen) atoms. The Morgan fingerprint density at radius 2 is 1.48 bits per heavy atom. The van der Waals surface area contributed by atoms with Gasteiger partial charge in [0.2, 0.25) is 0 Å². The predicted molar refractivity (Wildman–Crippen MR) is 139 cm³/mol. The number of aromatic nitrogens is 2. The fourth-order valence-electron chi connectivity index (χ4n) is 4.67. The van der Waals surface area contributed by atoms with Crippen LogP contribution in [-0.2, 0) is 12.8 Å². The van der Waals surface area contributed by atoms with Crippen LogP contribution in [0.3, 0.4) is 0 Å². The molecule has 0 unspecified atom stereocenters. The summed E-state index contributed by atoms with van der Waals surface area (Å²) in [4.78, 5) is 9.73. The van der Waals surface area contributed by atoms with E-state index in [4.69, 9.17) is 14.4 Å². The van der Waals surface area contributed by atoms with Crippen molar-refractivity contribution in [3.8, 4) is 11.3 Å².